The van der Waals surface area contributed by atoms with Crippen LogP contribution in [0.25, 0.3) is 0 Å². The molecule has 27 heavy (non-hydrogen) atoms. The Labute approximate surface area is 157 Å². The van der Waals surface area contributed by atoms with Crippen LogP contribution in [0.1, 0.15) is 31.4 Å². The molecule has 2 heterocycles. The number of carbonyl (C=O) groups excluding carboxylic acids is 3. The third kappa shape index (κ3) is 3.02. The van der Waals surface area contributed by atoms with Gasteiger partial charge in [0.1, 0.15) is 0 Å². The van der Waals surface area contributed by atoms with E-state index >= 15 is 0 Å². The average molecular weight is 364 g/mol. The molecule has 0 aliphatic carbocycles. The fourth-order valence-electron chi connectivity index (χ4n) is 3.81. The fraction of sp³-hybridized carbons (Fsp3) is 0.286. The first kappa shape index (κ1) is 17.4. The van der Waals surface area contributed by atoms with Gasteiger partial charge in [-0.3, -0.25) is 19.2 Å². The van der Waals surface area contributed by atoms with E-state index in [2.05, 4.69) is 0 Å². The highest BCUT2D eigenvalue weighted by Gasteiger charge is 2.50. The minimum absolute atomic E-state index is 0.0882. The van der Waals surface area contributed by atoms with Gasteiger partial charge in [-0.25, -0.2) is 9.96 Å². The Morgan fingerprint density at radius 2 is 1.48 bits per heavy atom. The molecule has 138 valence electrons. The van der Waals surface area contributed by atoms with Crippen molar-refractivity contribution >= 4 is 23.4 Å². The molecule has 3 amide bonds. The summed E-state index contributed by atoms with van der Waals surface area (Å²) in [6, 6.07) is 18.6. The Bertz CT molecular complexity index is 852. The van der Waals surface area contributed by atoms with Crippen molar-refractivity contribution in [2.24, 2.45) is 5.92 Å². The molecule has 0 spiro atoms. The Kier molecular flexibility index (Phi) is 4.49. The number of benzene rings is 2. The summed E-state index contributed by atoms with van der Waals surface area (Å²) >= 11 is 0. The van der Waals surface area contributed by atoms with Crippen LogP contribution in [0.15, 0.2) is 60.7 Å². The molecule has 0 aromatic heterocycles. The maximum absolute atomic E-state index is 13.2. The molecule has 0 bridgehead atoms. The van der Waals surface area contributed by atoms with Gasteiger partial charge in [-0.15, -0.1) is 0 Å². The van der Waals surface area contributed by atoms with Crippen molar-refractivity contribution in [2.75, 3.05) is 5.06 Å². The minimum atomic E-state index is -0.668. The molecule has 2 aliphatic rings. The van der Waals surface area contributed by atoms with Crippen LogP contribution in [-0.4, -0.2) is 28.7 Å². The van der Waals surface area contributed by atoms with Gasteiger partial charge < -0.3 is 0 Å². The summed E-state index contributed by atoms with van der Waals surface area (Å²) in [6.45, 7) is 1.80. The Morgan fingerprint density at radius 3 is 2.07 bits per heavy atom. The van der Waals surface area contributed by atoms with Gasteiger partial charge in [0.25, 0.3) is 0 Å². The normalized spacial score (nSPS) is 25.3. The predicted octanol–water partition coefficient (Wildman–Crippen LogP) is 2.86. The lowest BCUT2D eigenvalue weighted by Crippen LogP contribution is -2.44. The van der Waals surface area contributed by atoms with E-state index < -0.39 is 35.8 Å². The number of likely N-dealkylation sites (tertiary alicyclic amines) is 1. The highest BCUT2D eigenvalue weighted by molar-refractivity contribution is 6.15. The third-order valence-corrected chi connectivity index (χ3v) is 5.09. The summed E-state index contributed by atoms with van der Waals surface area (Å²) in [5.41, 5.74) is 1.70. The van der Waals surface area contributed by atoms with E-state index in [1.165, 1.54) is 0 Å². The minimum Gasteiger partial charge on any atom is -0.274 e. The second-order valence-corrected chi connectivity index (χ2v) is 6.81. The zero-order valence-electron chi connectivity index (χ0n) is 14.9. The van der Waals surface area contributed by atoms with Gasteiger partial charge in [0.05, 0.1) is 23.8 Å². The van der Waals surface area contributed by atoms with E-state index in [9.17, 15) is 14.4 Å². The molecule has 0 saturated carbocycles. The van der Waals surface area contributed by atoms with Crippen LogP contribution in [0.3, 0.4) is 0 Å². The first-order valence-electron chi connectivity index (χ1n) is 9.03. The van der Waals surface area contributed by atoms with E-state index in [4.69, 9.17) is 4.84 Å². The molecule has 0 N–H and O–H groups in total. The molecular formula is C21H20N2O4. The lowest BCUT2D eigenvalue weighted by Gasteiger charge is -2.28. The molecule has 2 saturated heterocycles. The Balaban J connectivity index is 1.76. The molecule has 2 aliphatic heterocycles. The summed E-state index contributed by atoms with van der Waals surface area (Å²) in [6.07, 6.45) is -0.306. The number of imide groups is 3. The quantitative estimate of drug-likeness (QED) is 0.784. The van der Waals surface area contributed by atoms with Crippen molar-refractivity contribution in [3.63, 3.8) is 0 Å². The van der Waals surface area contributed by atoms with E-state index in [-0.39, 0.29) is 12.8 Å². The van der Waals surface area contributed by atoms with Crippen LogP contribution in [0.2, 0.25) is 0 Å². The molecule has 4 rings (SSSR count). The van der Waals surface area contributed by atoms with Crippen molar-refractivity contribution in [1.82, 2.24) is 4.90 Å². The molecule has 2 aromatic rings. The Morgan fingerprint density at radius 1 is 0.926 bits per heavy atom. The highest BCUT2D eigenvalue weighted by Crippen LogP contribution is 2.43. The van der Waals surface area contributed by atoms with Gasteiger partial charge in [0.2, 0.25) is 17.7 Å². The summed E-state index contributed by atoms with van der Waals surface area (Å²) in [5, 5.41) is 1.72. The monoisotopic (exact) mass is 364 g/mol. The van der Waals surface area contributed by atoms with Crippen LogP contribution in [-0.2, 0) is 19.2 Å². The van der Waals surface area contributed by atoms with Crippen molar-refractivity contribution in [1.29, 1.82) is 0 Å². The van der Waals surface area contributed by atoms with Crippen LogP contribution in [0, 0.1) is 5.92 Å². The average Bonchev–Trinajstić information content (AvgIpc) is 3.22. The molecule has 2 aromatic carbocycles. The first-order valence-corrected chi connectivity index (χ1v) is 9.03. The molecule has 6 heteroatoms. The zero-order chi connectivity index (χ0) is 19.0. The van der Waals surface area contributed by atoms with Crippen LogP contribution in [0.5, 0.6) is 0 Å². The fourth-order valence-corrected chi connectivity index (χ4v) is 3.81. The lowest BCUT2D eigenvalue weighted by atomic mass is 9.88. The smallest absolute Gasteiger partial charge is 0.244 e. The SMILES string of the molecule is C[C@H]1ON(c2ccccc2)[C@@H](c2ccccc2)[C@@H]1C(=O)N1C(=O)CCC1=O. The number of para-hydroxylation sites is 1. The summed E-state index contributed by atoms with van der Waals surface area (Å²) < 4.78 is 0. The number of nitrogens with zero attached hydrogens (tertiary/aromatic N) is 2. The second kappa shape index (κ2) is 6.96. The van der Waals surface area contributed by atoms with E-state index in [0.717, 1.165) is 16.2 Å². The summed E-state index contributed by atoms with van der Waals surface area (Å²) in [4.78, 5) is 44.3. The number of hydroxylamine groups is 1. The van der Waals surface area contributed by atoms with E-state index in [1.54, 1.807) is 12.0 Å². The van der Waals surface area contributed by atoms with Crippen molar-refractivity contribution < 1.29 is 19.2 Å². The highest BCUT2D eigenvalue weighted by atomic mass is 16.7. The molecule has 0 radical (unpaired) electrons. The van der Waals surface area contributed by atoms with Gasteiger partial charge in [0.15, 0.2) is 0 Å². The summed E-state index contributed by atoms with van der Waals surface area (Å²) in [5.74, 6) is -2.01. The van der Waals surface area contributed by atoms with E-state index in [1.807, 2.05) is 60.7 Å². The molecule has 0 unspecified atom stereocenters. The predicted molar refractivity (Wildman–Crippen MR) is 98.2 cm³/mol. The molecule has 6 nitrogen and oxygen atoms in total. The lowest BCUT2D eigenvalue weighted by molar-refractivity contribution is -0.152. The third-order valence-electron chi connectivity index (χ3n) is 5.09. The maximum Gasteiger partial charge on any atom is 0.244 e. The van der Waals surface area contributed by atoms with Gasteiger partial charge in [0, 0.05) is 12.8 Å². The van der Waals surface area contributed by atoms with Gasteiger partial charge >= 0.3 is 0 Å². The largest absolute Gasteiger partial charge is 0.274 e. The topological polar surface area (TPSA) is 66.9 Å². The van der Waals surface area contributed by atoms with Gasteiger partial charge in [-0.1, -0.05) is 48.5 Å². The van der Waals surface area contributed by atoms with E-state index in [0.29, 0.717) is 0 Å². The second-order valence-electron chi connectivity index (χ2n) is 6.81. The van der Waals surface area contributed by atoms with Crippen LogP contribution < -0.4 is 5.06 Å². The van der Waals surface area contributed by atoms with Gasteiger partial charge in [-0.05, 0) is 24.6 Å². The number of hydrogen-bond donors (Lipinski definition) is 0. The molecule has 2 fully saturated rings. The maximum atomic E-state index is 13.2. The van der Waals surface area contributed by atoms with Crippen molar-refractivity contribution in [3.8, 4) is 0 Å². The van der Waals surface area contributed by atoms with Crippen molar-refractivity contribution in [2.45, 2.75) is 31.9 Å². The zero-order valence-corrected chi connectivity index (χ0v) is 14.9. The first-order chi connectivity index (χ1) is 13.1. The number of amides is 3. The summed E-state index contributed by atoms with van der Waals surface area (Å²) in [7, 11) is 0. The van der Waals surface area contributed by atoms with Gasteiger partial charge in [-0.2, -0.15) is 0 Å². The van der Waals surface area contributed by atoms with Crippen molar-refractivity contribution in [3.05, 3.63) is 66.2 Å². The number of anilines is 1. The van der Waals surface area contributed by atoms with Crippen LogP contribution >= 0.6 is 0 Å². The van der Waals surface area contributed by atoms with Crippen LogP contribution in [0.4, 0.5) is 5.69 Å². The Hall–Kier alpha value is -2.99. The number of hydrogen-bond acceptors (Lipinski definition) is 5. The number of rotatable bonds is 3. The standard InChI is InChI=1S/C21H20N2O4/c1-14-19(21(26)22-17(24)12-13-18(22)25)20(15-8-4-2-5-9-15)23(27-14)16-10-6-3-7-11-16/h2-11,14,19-20H,12-13H2,1H3/t14-,19-,20+/m1/s1. The molecular weight excluding hydrogens is 344 g/mol. The number of carbonyl (C=O) groups is 3. The molecule has 3 atom stereocenters.